The molecule has 0 unspecified atom stereocenters. The van der Waals surface area contributed by atoms with E-state index in [-0.39, 0.29) is 5.91 Å². The van der Waals surface area contributed by atoms with Crippen LogP contribution in [0.3, 0.4) is 0 Å². The van der Waals surface area contributed by atoms with Crippen molar-refractivity contribution in [2.75, 3.05) is 18.5 Å². The topological polar surface area (TPSA) is 47.6 Å². The molecule has 126 valence electrons. The SMILES string of the molecule is CCOc1ccc(/C=C/C(=O)Nc2cccc(Cl)c2)cc1OCC. The van der Waals surface area contributed by atoms with E-state index in [1.54, 1.807) is 30.3 Å². The van der Waals surface area contributed by atoms with E-state index in [1.807, 2.05) is 32.0 Å². The van der Waals surface area contributed by atoms with Crippen molar-refractivity contribution in [3.63, 3.8) is 0 Å². The lowest BCUT2D eigenvalue weighted by atomic mass is 10.2. The zero-order valence-corrected chi connectivity index (χ0v) is 14.5. The molecular formula is C19H20ClNO3. The van der Waals surface area contributed by atoms with Crippen molar-refractivity contribution in [2.45, 2.75) is 13.8 Å². The number of anilines is 1. The van der Waals surface area contributed by atoms with Gasteiger partial charge in [0.15, 0.2) is 11.5 Å². The van der Waals surface area contributed by atoms with Crippen molar-refractivity contribution in [1.82, 2.24) is 0 Å². The summed E-state index contributed by atoms with van der Waals surface area (Å²) >= 11 is 5.89. The van der Waals surface area contributed by atoms with Gasteiger partial charge in [-0.25, -0.2) is 0 Å². The van der Waals surface area contributed by atoms with Gasteiger partial charge in [0, 0.05) is 16.8 Å². The maximum atomic E-state index is 12.0. The van der Waals surface area contributed by atoms with Crippen LogP contribution in [0.5, 0.6) is 11.5 Å². The first-order valence-electron chi connectivity index (χ1n) is 7.76. The number of carbonyl (C=O) groups excluding carboxylic acids is 1. The average molecular weight is 346 g/mol. The molecule has 0 heterocycles. The van der Waals surface area contributed by atoms with Gasteiger partial charge >= 0.3 is 0 Å². The summed E-state index contributed by atoms with van der Waals surface area (Å²) in [6.45, 7) is 4.94. The van der Waals surface area contributed by atoms with Crippen LogP contribution < -0.4 is 14.8 Å². The van der Waals surface area contributed by atoms with Crippen LogP contribution in [0, 0.1) is 0 Å². The van der Waals surface area contributed by atoms with Crippen LogP contribution in [-0.4, -0.2) is 19.1 Å². The van der Waals surface area contributed by atoms with E-state index in [0.717, 1.165) is 5.56 Å². The number of nitrogens with one attached hydrogen (secondary N) is 1. The Labute approximate surface area is 147 Å². The second-order valence-electron chi connectivity index (χ2n) is 4.91. The summed E-state index contributed by atoms with van der Waals surface area (Å²) in [7, 11) is 0. The molecule has 0 aromatic heterocycles. The molecule has 2 rings (SSSR count). The Bertz CT molecular complexity index is 728. The third-order valence-corrected chi connectivity index (χ3v) is 3.32. The monoisotopic (exact) mass is 345 g/mol. The average Bonchev–Trinajstić information content (AvgIpc) is 2.55. The van der Waals surface area contributed by atoms with Gasteiger partial charge in [-0.3, -0.25) is 4.79 Å². The third-order valence-electron chi connectivity index (χ3n) is 3.09. The smallest absolute Gasteiger partial charge is 0.248 e. The van der Waals surface area contributed by atoms with Gasteiger partial charge in [-0.2, -0.15) is 0 Å². The molecule has 1 amide bonds. The molecule has 0 atom stereocenters. The number of carbonyl (C=O) groups is 1. The fourth-order valence-corrected chi connectivity index (χ4v) is 2.28. The Morgan fingerprint density at radius 2 is 1.83 bits per heavy atom. The highest BCUT2D eigenvalue weighted by Crippen LogP contribution is 2.29. The largest absolute Gasteiger partial charge is 0.490 e. The van der Waals surface area contributed by atoms with Crippen LogP contribution in [-0.2, 0) is 4.79 Å². The van der Waals surface area contributed by atoms with Crippen LogP contribution in [0.2, 0.25) is 5.02 Å². The molecule has 24 heavy (non-hydrogen) atoms. The van der Waals surface area contributed by atoms with Gasteiger partial charge in [-0.05, 0) is 55.8 Å². The first-order valence-corrected chi connectivity index (χ1v) is 8.14. The third kappa shape index (κ3) is 5.32. The molecule has 0 fully saturated rings. The van der Waals surface area contributed by atoms with E-state index >= 15 is 0 Å². The Balaban J connectivity index is 2.07. The molecule has 4 nitrogen and oxygen atoms in total. The highest BCUT2D eigenvalue weighted by molar-refractivity contribution is 6.30. The van der Waals surface area contributed by atoms with Gasteiger partial charge in [-0.15, -0.1) is 0 Å². The number of halogens is 1. The van der Waals surface area contributed by atoms with Gasteiger partial charge in [0.05, 0.1) is 13.2 Å². The highest BCUT2D eigenvalue weighted by Gasteiger charge is 2.05. The normalized spacial score (nSPS) is 10.6. The molecule has 0 aliphatic carbocycles. The fourth-order valence-electron chi connectivity index (χ4n) is 2.09. The number of ether oxygens (including phenoxy) is 2. The molecule has 0 saturated heterocycles. The standard InChI is InChI=1S/C19H20ClNO3/c1-3-23-17-10-8-14(12-18(17)24-4-2)9-11-19(22)21-16-7-5-6-15(20)13-16/h5-13H,3-4H2,1-2H3,(H,21,22)/b11-9+. The van der Waals surface area contributed by atoms with Crippen molar-refractivity contribution < 1.29 is 14.3 Å². The summed E-state index contributed by atoms with van der Waals surface area (Å²) in [6.07, 6.45) is 3.18. The van der Waals surface area contributed by atoms with Crippen molar-refractivity contribution in [2.24, 2.45) is 0 Å². The summed E-state index contributed by atoms with van der Waals surface area (Å²) in [5, 5.41) is 3.33. The second kappa shape index (κ2) is 8.99. The van der Waals surface area contributed by atoms with E-state index in [9.17, 15) is 4.79 Å². The lowest BCUT2D eigenvalue weighted by molar-refractivity contribution is -0.111. The number of amides is 1. The molecule has 0 saturated carbocycles. The number of rotatable bonds is 7. The Morgan fingerprint density at radius 3 is 2.54 bits per heavy atom. The van der Waals surface area contributed by atoms with E-state index in [0.29, 0.717) is 35.4 Å². The quantitative estimate of drug-likeness (QED) is 0.734. The van der Waals surface area contributed by atoms with Crippen LogP contribution in [0.25, 0.3) is 6.08 Å². The van der Waals surface area contributed by atoms with Crippen LogP contribution in [0.1, 0.15) is 19.4 Å². The minimum Gasteiger partial charge on any atom is -0.490 e. The molecular weight excluding hydrogens is 326 g/mol. The van der Waals surface area contributed by atoms with E-state index < -0.39 is 0 Å². The predicted octanol–water partition coefficient (Wildman–Crippen LogP) is 4.79. The molecule has 0 bridgehead atoms. The van der Waals surface area contributed by atoms with Gasteiger partial charge in [0.2, 0.25) is 5.91 Å². The van der Waals surface area contributed by atoms with Crippen molar-refractivity contribution in [3.8, 4) is 11.5 Å². The summed E-state index contributed by atoms with van der Waals surface area (Å²) < 4.78 is 11.1. The molecule has 0 radical (unpaired) electrons. The van der Waals surface area contributed by atoms with Crippen molar-refractivity contribution >= 4 is 29.3 Å². The Hall–Kier alpha value is -2.46. The minimum absolute atomic E-state index is 0.232. The molecule has 0 spiro atoms. The Morgan fingerprint density at radius 1 is 1.08 bits per heavy atom. The summed E-state index contributed by atoms with van der Waals surface area (Å²) in [5.74, 6) is 1.13. The zero-order valence-electron chi connectivity index (χ0n) is 13.7. The Kier molecular flexibility index (Phi) is 6.70. The summed E-state index contributed by atoms with van der Waals surface area (Å²) in [4.78, 5) is 12.0. The number of benzene rings is 2. The van der Waals surface area contributed by atoms with Gasteiger partial charge in [-0.1, -0.05) is 23.7 Å². The van der Waals surface area contributed by atoms with Crippen LogP contribution in [0.4, 0.5) is 5.69 Å². The van der Waals surface area contributed by atoms with E-state index in [2.05, 4.69) is 5.32 Å². The molecule has 2 aromatic carbocycles. The molecule has 0 aliphatic rings. The summed E-state index contributed by atoms with van der Waals surface area (Å²) in [6, 6.07) is 12.6. The predicted molar refractivity (Wildman–Crippen MR) is 97.9 cm³/mol. The lowest BCUT2D eigenvalue weighted by Crippen LogP contribution is -2.07. The first-order chi connectivity index (χ1) is 11.6. The maximum Gasteiger partial charge on any atom is 0.248 e. The summed E-state index contributed by atoms with van der Waals surface area (Å²) in [5.41, 5.74) is 1.50. The van der Waals surface area contributed by atoms with Crippen molar-refractivity contribution in [3.05, 3.63) is 59.1 Å². The molecule has 5 heteroatoms. The maximum absolute atomic E-state index is 12.0. The van der Waals surface area contributed by atoms with E-state index in [1.165, 1.54) is 6.08 Å². The lowest BCUT2D eigenvalue weighted by Gasteiger charge is -2.11. The molecule has 2 aromatic rings. The first kappa shape index (κ1) is 17.9. The molecule has 0 aliphatic heterocycles. The van der Waals surface area contributed by atoms with Crippen molar-refractivity contribution in [1.29, 1.82) is 0 Å². The zero-order chi connectivity index (χ0) is 17.4. The van der Waals surface area contributed by atoms with Gasteiger partial charge < -0.3 is 14.8 Å². The second-order valence-corrected chi connectivity index (χ2v) is 5.34. The van der Waals surface area contributed by atoms with Crippen LogP contribution >= 0.6 is 11.6 Å². The fraction of sp³-hybridized carbons (Fsp3) is 0.211. The number of hydrogen-bond donors (Lipinski definition) is 1. The minimum atomic E-state index is -0.232. The van der Waals surface area contributed by atoms with Gasteiger partial charge in [0.25, 0.3) is 0 Å². The number of hydrogen-bond acceptors (Lipinski definition) is 3. The van der Waals surface area contributed by atoms with Crippen LogP contribution in [0.15, 0.2) is 48.5 Å². The van der Waals surface area contributed by atoms with E-state index in [4.69, 9.17) is 21.1 Å². The molecule has 1 N–H and O–H groups in total. The van der Waals surface area contributed by atoms with Gasteiger partial charge in [0.1, 0.15) is 0 Å². The highest BCUT2D eigenvalue weighted by atomic mass is 35.5.